The standard InChI is InChI=1S/C20H24O10/c1-11(21)27-17(19(24)25-4)16-15(26-10-14-8-6-5-7-9-14)18(28-12(2)22)20(30-16)29-13(3)23/h5-9,15-18,20H,10H2,1-4H3/t15?,16-,17?,18-,20-/m0/s1. The van der Waals surface area contributed by atoms with E-state index >= 15 is 0 Å². The normalized spacial score (nSPS) is 23.9. The van der Waals surface area contributed by atoms with E-state index in [0.29, 0.717) is 0 Å². The molecule has 1 saturated heterocycles. The predicted octanol–water partition coefficient (Wildman–Crippen LogP) is 0.896. The molecule has 1 aromatic carbocycles. The van der Waals surface area contributed by atoms with E-state index in [1.807, 2.05) is 18.2 Å². The molecule has 0 aromatic heterocycles. The van der Waals surface area contributed by atoms with Gasteiger partial charge < -0.3 is 28.4 Å². The van der Waals surface area contributed by atoms with Crippen molar-refractivity contribution in [3.05, 3.63) is 35.9 Å². The predicted molar refractivity (Wildman–Crippen MR) is 98.6 cm³/mol. The molecule has 0 N–H and O–H groups in total. The number of ether oxygens (including phenoxy) is 6. The fraction of sp³-hybridized carbons (Fsp3) is 0.500. The van der Waals surface area contributed by atoms with Crippen LogP contribution in [0.2, 0.25) is 0 Å². The molecule has 10 nitrogen and oxygen atoms in total. The minimum Gasteiger partial charge on any atom is -0.466 e. The highest BCUT2D eigenvalue weighted by molar-refractivity contribution is 5.79. The highest BCUT2D eigenvalue weighted by Gasteiger charge is 2.55. The van der Waals surface area contributed by atoms with Gasteiger partial charge in [0.25, 0.3) is 0 Å². The first-order valence-corrected chi connectivity index (χ1v) is 9.13. The number of carbonyl (C=O) groups excluding carboxylic acids is 4. The van der Waals surface area contributed by atoms with Crippen molar-refractivity contribution in [1.82, 2.24) is 0 Å². The van der Waals surface area contributed by atoms with Gasteiger partial charge in [0, 0.05) is 20.8 Å². The van der Waals surface area contributed by atoms with E-state index in [1.54, 1.807) is 12.1 Å². The van der Waals surface area contributed by atoms with Crippen molar-refractivity contribution in [3.63, 3.8) is 0 Å². The molecular formula is C20H24O10. The Kier molecular flexibility index (Phi) is 8.31. The van der Waals surface area contributed by atoms with Crippen LogP contribution in [-0.4, -0.2) is 61.7 Å². The smallest absolute Gasteiger partial charge is 0.350 e. The summed E-state index contributed by atoms with van der Waals surface area (Å²) in [6.45, 7) is 3.48. The van der Waals surface area contributed by atoms with E-state index in [-0.39, 0.29) is 6.61 Å². The number of esters is 4. The van der Waals surface area contributed by atoms with Gasteiger partial charge in [-0.15, -0.1) is 0 Å². The van der Waals surface area contributed by atoms with Crippen LogP contribution in [0, 0.1) is 0 Å². The van der Waals surface area contributed by atoms with Crippen LogP contribution in [0.5, 0.6) is 0 Å². The number of benzene rings is 1. The van der Waals surface area contributed by atoms with E-state index < -0.39 is 54.6 Å². The zero-order valence-corrected chi connectivity index (χ0v) is 17.1. The Balaban J connectivity index is 2.37. The third kappa shape index (κ3) is 6.26. The second-order valence-electron chi connectivity index (χ2n) is 6.47. The summed E-state index contributed by atoms with van der Waals surface area (Å²) in [7, 11) is 1.11. The van der Waals surface area contributed by atoms with Crippen LogP contribution in [-0.2, 0) is 54.2 Å². The van der Waals surface area contributed by atoms with Crippen LogP contribution in [0.1, 0.15) is 26.3 Å². The zero-order chi connectivity index (χ0) is 22.3. The number of hydrogen-bond donors (Lipinski definition) is 0. The molecule has 1 aliphatic heterocycles. The number of carbonyl (C=O) groups is 4. The molecule has 30 heavy (non-hydrogen) atoms. The summed E-state index contributed by atoms with van der Waals surface area (Å²) in [5.41, 5.74) is 0.788. The van der Waals surface area contributed by atoms with Crippen molar-refractivity contribution in [1.29, 1.82) is 0 Å². The first kappa shape index (κ1) is 23.3. The Hall–Kier alpha value is -2.98. The lowest BCUT2D eigenvalue weighted by atomic mass is 10.0. The Morgan fingerprint density at radius 2 is 1.57 bits per heavy atom. The first-order valence-electron chi connectivity index (χ1n) is 9.13. The quantitative estimate of drug-likeness (QED) is 0.439. The molecular weight excluding hydrogens is 400 g/mol. The third-order valence-corrected chi connectivity index (χ3v) is 4.10. The lowest BCUT2D eigenvalue weighted by Gasteiger charge is -2.26. The SMILES string of the molecule is COC(=O)C(OC(C)=O)[C@H]1O[C@H](OC(C)=O)[C@@H](OC(C)=O)C1OCc1ccccc1. The van der Waals surface area contributed by atoms with E-state index in [4.69, 9.17) is 28.4 Å². The van der Waals surface area contributed by atoms with Crippen LogP contribution < -0.4 is 0 Å². The van der Waals surface area contributed by atoms with Crippen molar-refractivity contribution in [2.75, 3.05) is 7.11 Å². The van der Waals surface area contributed by atoms with Gasteiger partial charge in [-0.3, -0.25) is 14.4 Å². The molecule has 1 fully saturated rings. The summed E-state index contributed by atoms with van der Waals surface area (Å²) in [6, 6.07) is 9.06. The van der Waals surface area contributed by atoms with E-state index in [2.05, 4.69) is 0 Å². The highest BCUT2D eigenvalue weighted by Crippen LogP contribution is 2.32. The van der Waals surface area contributed by atoms with Crippen LogP contribution in [0.15, 0.2) is 30.3 Å². The minimum atomic E-state index is -1.54. The maximum Gasteiger partial charge on any atom is 0.350 e. The Bertz CT molecular complexity index is 762. The Morgan fingerprint density at radius 3 is 2.10 bits per heavy atom. The van der Waals surface area contributed by atoms with Gasteiger partial charge in [-0.05, 0) is 5.56 Å². The van der Waals surface area contributed by atoms with Crippen LogP contribution in [0.3, 0.4) is 0 Å². The molecule has 0 spiro atoms. The molecule has 0 radical (unpaired) electrons. The largest absolute Gasteiger partial charge is 0.466 e. The minimum absolute atomic E-state index is 0.0594. The molecule has 1 aromatic rings. The van der Waals surface area contributed by atoms with Crippen LogP contribution in [0.25, 0.3) is 0 Å². The average Bonchev–Trinajstić information content (AvgIpc) is 3.00. The highest BCUT2D eigenvalue weighted by atomic mass is 16.8. The summed E-state index contributed by atoms with van der Waals surface area (Å²) in [5.74, 6) is -3.07. The van der Waals surface area contributed by atoms with Crippen LogP contribution in [0.4, 0.5) is 0 Å². The summed E-state index contributed by atoms with van der Waals surface area (Å²) in [5, 5.41) is 0. The van der Waals surface area contributed by atoms with Gasteiger partial charge in [-0.25, -0.2) is 4.79 Å². The second kappa shape index (κ2) is 10.7. The van der Waals surface area contributed by atoms with Gasteiger partial charge >= 0.3 is 23.9 Å². The van der Waals surface area contributed by atoms with Gasteiger partial charge in [0.1, 0.15) is 12.2 Å². The van der Waals surface area contributed by atoms with E-state index in [9.17, 15) is 19.2 Å². The van der Waals surface area contributed by atoms with Crippen molar-refractivity contribution < 1.29 is 47.6 Å². The number of methoxy groups -OCH3 is 1. The lowest BCUT2D eigenvalue weighted by molar-refractivity contribution is -0.204. The van der Waals surface area contributed by atoms with Crippen molar-refractivity contribution >= 4 is 23.9 Å². The Morgan fingerprint density at radius 1 is 0.933 bits per heavy atom. The molecule has 2 rings (SSSR count). The fourth-order valence-corrected chi connectivity index (χ4v) is 2.97. The molecule has 10 heteroatoms. The fourth-order valence-electron chi connectivity index (χ4n) is 2.97. The monoisotopic (exact) mass is 424 g/mol. The molecule has 1 aliphatic rings. The van der Waals surface area contributed by atoms with Gasteiger partial charge in [0.2, 0.25) is 12.4 Å². The van der Waals surface area contributed by atoms with Crippen molar-refractivity contribution in [3.8, 4) is 0 Å². The maximum absolute atomic E-state index is 12.3. The molecule has 0 saturated carbocycles. The molecule has 2 unspecified atom stereocenters. The first-order chi connectivity index (χ1) is 14.2. The second-order valence-corrected chi connectivity index (χ2v) is 6.47. The zero-order valence-electron chi connectivity index (χ0n) is 17.1. The van der Waals surface area contributed by atoms with Gasteiger partial charge in [0.15, 0.2) is 6.10 Å². The lowest BCUT2D eigenvalue weighted by Crippen LogP contribution is -2.47. The molecule has 0 amide bonds. The topological polar surface area (TPSA) is 124 Å². The molecule has 0 bridgehead atoms. The summed E-state index contributed by atoms with van der Waals surface area (Å²) in [6.07, 6.45) is -6.49. The molecule has 0 aliphatic carbocycles. The van der Waals surface area contributed by atoms with Crippen molar-refractivity contribution in [2.45, 2.75) is 58.1 Å². The third-order valence-electron chi connectivity index (χ3n) is 4.10. The van der Waals surface area contributed by atoms with Gasteiger partial charge in [0.05, 0.1) is 13.7 Å². The molecule has 164 valence electrons. The number of hydrogen-bond acceptors (Lipinski definition) is 10. The summed E-state index contributed by atoms with van der Waals surface area (Å²) in [4.78, 5) is 46.9. The van der Waals surface area contributed by atoms with E-state index in [0.717, 1.165) is 33.4 Å². The summed E-state index contributed by atoms with van der Waals surface area (Å²) < 4.78 is 31.7. The van der Waals surface area contributed by atoms with Crippen LogP contribution >= 0.6 is 0 Å². The molecule has 5 atom stereocenters. The Labute approximate surface area is 173 Å². The molecule has 1 heterocycles. The van der Waals surface area contributed by atoms with E-state index in [1.165, 1.54) is 0 Å². The van der Waals surface area contributed by atoms with Crippen molar-refractivity contribution in [2.24, 2.45) is 0 Å². The van der Waals surface area contributed by atoms with Gasteiger partial charge in [-0.1, -0.05) is 30.3 Å². The summed E-state index contributed by atoms with van der Waals surface area (Å²) >= 11 is 0. The average molecular weight is 424 g/mol. The maximum atomic E-state index is 12.3. The van der Waals surface area contributed by atoms with Gasteiger partial charge in [-0.2, -0.15) is 0 Å². The number of rotatable bonds is 8.